The van der Waals surface area contributed by atoms with E-state index in [0.717, 1.165) is 82.5 Å². The monoisotopic (exact) mass is 790 g/mol. The lowest BCUT2D eigenvalue weighted by molar-refractivity contribution is 0.369. The molecule has 8 nitrogen and oxygen atoms in total. The summed E-state index contributed by atoms with van der Waals surface area (Å²) < 4.78 is 65.6. The Morgan fingerprint density at radius 2 is 1.17 bits per heavy atom. The molecule has 4 aliphatic heterocycles. The predicted molar refractivity (Wildman–Crippen MR) is 220 cm³/mol. The van der Waals surface area contributed by atoms with Crippen LogP contribution in [0.1, 0.15) is 117 Å². The van der Waals surface area contributed by atoms with Crippen LogP contribution in [0.5, 0.6) is 0 Å². The summed E-state index contributed by atoms with van der Waals surface area (Å²) in [7, 11) is 0. The Labute approximate surface area is 335 Å². The Morgan fingerprint density at radius 1 is 0.621 bits per heavy atom. The molecule has 4 aromatic carbocycles. The number of H-pyrrole nitrogens is 2. The predicted octanol–water partition coefficient (Wildman–Crippen LogP) is 10.2. The first-order valence-corrected chi connectivity index (χ1v) is 21.3. The maximum atomic E-state index is 16.5. The van der Waals surface area contributed by atoms with Gasteiger partial charge in [-0.15, -0.1) is 0 Å². The highest BCUT2D eigenvalue weighted by atomic mass is 19.1. The lowest BCUT2D eigenvalue weighted by Crippen LogP contribution is -2.35. The molecule has 4 saturated heterocycles. The molecule has 0 saturated carbocycles. The minimum Gasteiger partial charge on any atom is -0.367 e. The second kappa shape index (κ2) is 15.7. The van der Waals surface area contributed by atoms with E-state index in [2.05, 4.69) is 44.9 Å². The molecule has 4 aliphatic rings. The highest BCUT2D eigenvalue weighted by molar-refractivity contribution is 5.78. The number of nitrogens with one attached hydrogen (secondary N) is 4. The van der Waals surface area contributed by atoms with E-state index in [-0.39, 0.29) is 23.5 Å². The van der Waals surface area contributed by atoms with Crippen LogP contribution >= 0.6 is 0 Å². The fourth-order valence-electron chi connectivity index (χ4n) is 10.3. The van der Waals surface area contributed by atoms with E-state index in [1.54, 1.807) is 12.1 Å². The van der Waals surface area contributed by atoms with Crippen molar-refractivity contribution >= 4 is 33.4 Å². The topological polar surface area (TPSA) is 87.9 Å². The number of hydrogen-bond donors (Lipinski definition) is 4. The molecule has 6 aromatic rings. The van der Waals surface area contributed by atoms with Crippen LogP contribution < -0.4 is 20.4 Å². The molecule has 0 radical (unpaired) electrons. The lowest BCUT2D eigenvalue weighted by Gasteiger charge is -2.36. The second-order valence-electron chi connectivity index (χ2n) is 16.9. The molecule has 58 heavy (non-hydrogen) atoms. The quantitative estimate of drug-likeness (QED) is 0.103. The Hall–Kier alpha value is -4.94. The second-order valence-corrected chi connectivity index (χ2v) is 16.9. The summed E-state index contributed by atoms with van der Waals surface area (Å²) in [4.78, 5) is 19.9. The van der Waals surface area contributed by atoms with Gasteiger partial charge < -0.3 is 30.4 Å². The van der Waals surface area contributed by atoms with Gasteiger partial charge in [-0.1, -0.05) is 30.3 Å². The average Bonchev–Trinajstić information content (AvgIpc) is 4.08. The highest BCUT2D eigenvalue weighted by Gasteiger charge is 2.40. The van der Waals surface area contributed by atoms with Gasteiger partial charge in [0.2, 0.25) is 0 Å². The smallest absolute Gasteiger partial charge is 0.151 e. The number of hydrogen-bond acceptors (Lipinski definition) is 6. The number of piperidine rings is 1. The number of anilines is 2. The highest BCUT2D eigenvalue weighted by Crippen LogP contribution is 2.50. The molecule has 4 atom stereocenters. The third-order valence-corrected chi connectivity index (χ3v) is 13.3. The normalized spacial score (nSPS) is 23.0. The average molecular weight is 791 g/mol. The molecule has 0 bridgehead atoms. The van der Waals surface area contributed by atoms with Gasteiger partial charge in [-0.2, -0.15) is 0 Å². The lowest BCUT2D eigenvalue weighted by atomic mass is 9.90. The fraction of sp³-hybridized carbons (Fsp3) is 0.435. The van der Waals surface area contributed by atoms with Crippen molar-refractivity contribution in [3.05, 3.63) is 118 Å². The number of aryl methyl sites for hydroxylation is 1. The zero-order valence-corrected chi connectivity index (χ0v) is 32.6. The van der Waals surface area contributed by atoms with Gasteiger partial charge in [0.25, 0.3) is 0 Å². The van der Waals surface area contributed by atoms with Crippen molar-refractivity contribution in [2.45, 2.75) is 94.8 Å². The van der Waals surface area contributed by atoms with Gasteiger partial charge in [0, 0.05) is 42.0 Å². The van der Waals surface area contributed by atoms with Crippen molar-refractivity contribution in [2.75, 3.05) is 36.0 Å². The van der Waals surface area contributed by atoms with Crippen molar-refractivity contribution in [3.63, 3.8) is 0 Å². The molecule has 4 N–H and O–H groups in total. The first-order valence-electron chi connectivity index (χ1n) is 21.3. The number of aromatic nitrogens is 4. The van der Waals surface area contributed by atoms with E-state index >= 15 is 17.6 Å². The van der Waals surface area contributed by atoms with Crippen LogP contribution in [-0.2, 0) is 6.42 Å². The van der Waals surface area contributed by atoms with Crippen molar-refractivity contribution in [2.24, 2.45) is 5.92 Å². The maximum Gasteiger partial charge on any atom is 0.151 e. The number of nitrogens with zero attached hydrogens (tertiary/aromatic N) is 4. The summed E-state index contributed by atoms with van der Waals surface area (Å²) in [5, 5.41) is 6.89. The fourth-order valence-corrected chi connectivity index (χ4v) is 10.3. The summed E-state index contributed by atoms with van der Waals surface area (Å²) >= 11 is 0. The molecular formula is C46H50F4N8. The van der Waals surface area contributed by atoms with Gasteiger partial charge in [0.05, 0.1) is 46.2 Å². The van der Waals surface area contributed by atoms with Crippen LogP contribution in [0.25, 0.3) is 22.1 Å². The molecular weight excluding hydrogens is 741 g/mol. The van der Waals surface area contributed by atoms with Crippen molar-refractivity contribution in [1.29, 1.82) is 0 Å². The van der Waals surface area contributed by atoms with Gasteiger partial charge in [-0.05, 0) is 119 Å². The number of rotatable bonds is 10. The summed E-state index contributed by atoms with van der Waals surface area (Å²) in [6, 6.07) is 18.5. The van der Waals surface area contributed by atoms with Crippen molar-refractivity contribution in [1.82, 2.24) is 30.6 Å². The number of imidazole rings is 2. The number of halogens is 4. The van der Waals surface area contributed by atoms with Crippen LogP contribution in [0.3, 0.4) is 0 Å². The summed E-state index contributed by atoms with van der Waals surface area (Å²) in [6.07, 6.45) is 9.79. The summed E-state index contributed by atoms with van der Waals surface area (Å²) in [6.45, 7) is 2.94. The molecule has 0 unspecified atom stereocenters. The minimum absolute atomic E-state index is 0.0324. The molecule has 2 aromatic heterocycles. The zero-order chi connectivity index (χ0) is 39.3. The minimum atomic E-state index is -0.668. The van der Waals surface area contributed by atoms with E-state index in [1.165, 1.54) is 29.8 Å². The molecule has 4 fully saturated rings. The number of benzene rings is 4. The van der Waals surface area contributed by atoms with E-state index in [1.807, 2.05) is 15.9 Å². The molecule has 10 rings (SSSR count). The Morgan fingerprint density at radius 3 is 1.69 bits per heavy atom. The Kier molecular flexibility index (Phi) is 10.1. The molecule has 0 amide bonds. The van der Waals surface area contributed by atoms with Crippen LogP contribution in [0.4, 0.5) is 28.9 Å². The van der Waals surface area contributed by atoms with E-state index in [9.17, 15) is 0 Å². The Bertz CT molecular complexity index is 2280. The summed E-state index contributed by atoms with van der Waals surface area (Å²) in [5.41, 5.74) is 4.74. The zero-order valence-electron chi connectivity index (χ0n) is 32.6. The van der Waals surface area contributed by atoms with E-state index in [0.29, 0.717) is 65.0 Å². The summed E-state index contributed by atoms with van der Waals surface area (Å²) in [5.74, 6) is -0.203. The van der Waals surface area contributed by atoms with Crippen LogP contribution in [0.15, 0.2) is 66.7 Å². The number of aromatic amines is 2. The van der Waals surface area contributed by atoms with E-state index < -0.39 is 35.4 Å². The van der Waals surface area contributed by atoms with Crippen LogP contribution in [0.2, 0.25) is 0 Å². The van der Waals surface area contributed by atoms with Crippen molar-refractivity contribution in [3.8, 4) is 0 Å². The van der Waals surface area contributed by atoms with Crippen LogP contribution in [-0.4, -0.2) is 46.1 Å². The van der Waals surface area contributed by atoms with Crippen LogP contribution in [0, 0.1) is 29.2 Å². The molecule has 6 heterocycles. The first-order chi connectivity index (χ1) is 28.4. The Balaban J connectivity index is 0.964. The largest absolute Gasteiger partial charge is 0.367 e. The SMILES string of the molecule is Fc1cc2nc([C@@H]3CCCN3)[nH]c2cc1[C@H]1CC[C@H](c2cc3[nH]c([C@@H]4CCCN4)nc3cc2F)N1c1cc(F)c(N2CCC(CCCc3ccccc3)CC2)c(F)c1. The molecule has 0 spiro atoms. The van der Waals surface area contributed by atoms with Crippen molar-refractivity contribution < 1.29 is 17.6 Å². The molecule has 302 valence electrons. The molecule has 12 heteroatoms. The van der Waals surface area contributed by atoms with Gasteiger partial charge in [-0.25, -0.2) is 27.5 Å². The van der Waals surface area contributed by atoms with Gasteiger partial charge in [0.1, 0.15) is 29.0 Å². The van der Waals surface area contributed by atoms with Gasteiger partial charge in [0.15, 0.2) is 11.6 Å². The number of fused-ring (bicyclic) bond motifs is 2. The van der Waals surface area contributed by atoms with E-state index in [4.69, 9.17) is 9.97 Å². The third kappa shape index (κ3) is 7.12. The first kappa shape index (κ1) is 37.3. The molecule has 0 aliphatic carbocycles. The third-order valence-electron chi connectivity index (χ3n) is 13.3. The van der Waals surface area contributed by atoms with Gasteiger partial charge in [-0.3, -0.25) is 0 Å². The standard InChI is InChI=1S/C46H50F4N8/c47-32-25-40-38(53-45(55-40)36-11-5-17-51-36)23-30(32)42-13-14-43(31-24-39-41(26-33(31)48)56-46(54-39)37-12-6-18-52-37)58(42)29-21-34(49)44(35(50)22-29)57-19-15-28(16-20-57)10-4-9-27-7-2-1-3-8-27/h1-3,7-8,21-26,28,36-37,42-43,51-52H,4-6,9-20H2,(H,53,55)(H,54,56)/t36-,37-,42+,43+/m0/s1. The van der Waals surface area contributed by atoms with Gasteiger partial charge >= 0.3 is 0 Å². The maximum absolute atomic E-state index is 16.5.